The van der Waals surface area contributed by atoms with Crippen LogP contribution in [0.25, 0.3) is 0 Å². The van der Waals surface area contributed by atoms with Crippen molar-refractivity contribution in [3.8, 4) is 0 Å². The van der Waals surface area contributed by atoms with E-state index in [0.717, 1.165) is 19.5 Å². The summed E-state index contributed by atoms with van der Waals surface area (Å²) in [6.45, 7) is 8.59. The first-order valence-corrected chi connectivity index (χ1v) is 4.75. The van der Waals surface area contributed by atoms with Gasteiger partial charge >= 0.3 is 0 Å². The first-order chi connectivity index (χ1) is 5.77. The molecule has 0 aromatic rings. The molecule has 12 heavy (non-hydrogen) atoms. The minimum atomic E-state index is 0.334. The highest BCUT2D eigenvalue weighted by atomic mass is 16.3. The molecule has 1 aliphatic heterocycles. The first-order valence-electron chi connectivity index (χ1n) is 4.75. The Balaban J connectivity index is 2.29. The van der Waals surface area contributed by atoms with E-state index in [-0.39, 0.29) is 0 Å². The largest absolute Gasteiger partial charge is 0.396 e. The third kappa shape index (κ3) is 2.32. The summed E-state index contributed by atoms with van der Waals surface area (Å²) in [5.74, 6) is 0.706. The average molecular weight is 169 g/mol. The van der Waals surface area contributed by atoms with Crippen LogP contribution in [-0.2, 0) is 0 Å². The molecule has 0 bridgehead atoms. The highest BCUT2D eigenvalue weighted by Gasteiger charge is 2.23. The van der Waals surface area contributed by atoms with Crippen LogP contribution in [0.2, 0.25) is 0 Å². The normalized spacial score (nSPS) is 27.3. The molecule has 1 aliphatic rings. The summed E-state index contributed by atoms with van der Waals surface area (Å²) in [6.07, 6.45) is 4.18. The fourth-order valence-electron chi connectivity index (χ4n) is 1.80. The lowest BCUT2D eigenvalue weighted by molar-refractivity contribution is 0.243. The fraction of sp³-hybridized carbons (Fsp3) is 0.800. The number of rotatable bonds is 4. The van der Waals surface area contributed by atoms with Crippen LogP contribution >= 0.6 is 0 Å². The van der Waals surface area contributed by atoms with Crippen LogP contribution in [-0.4, -0.2) is 35.7 Å². The second-order valence-corrected chi connectivity index (χ2v) is 3.64. The summed E-state index contributed by atoms with van der Waals surface area (Å²) in [5, 5.41) is 8.77. The average Bonchev–Trinajstić information content (AvgIpc) is 2.52. The van der Waals surface area contributed by atoms with Gasteiger partial charge < -0.3 is 5.11 Å². The lowest BCUT2D eigenvalue weighted by Crippen LogP contribution is -2.29. The molecule has 2 atom stereocenters. The second-order valence-electron chi connectivity index (χ2n) is 3.64. The van der Waals surface area contributed by atoms with Crippen LogP contribution < -0.4 is 0 Å². The van der Waals surface area contributed by atoms with Gasteiger partial charge in [0.2, 0.25) is 0 Å². The molecule has 0 aromatic heterocycles. The highest BCUT2D eigenvalue weighted by Crippen LogP contribution is 2.21. The van der Waals surface area contributed by atoms with Crippen molar-refractivity contribution in [1.29, 1.82) is 0 Å². The van der Waals surface area contributed by atoms with Gasteiger partial charge in [0.15, 0.2) is 0 Å². The van der Waals surface area contributed by atoms with Crippen LogP contribution in [0.1, 0.15) is 19.8 Å². The predicted molar refractivity (Wildman–Crippen MR) is 51.0 cm³/mol. The molecular weight excluding hydrogens is 150 g/mol. The minimum absolute atomic E-state index is 0.334. The summed E-state index contributed by atoms with van der Waals surface area (Å²) in [7, 11) is 0. The lowest BCUT2D eigenvalue weighted by Gasteiger charge is -2.20. The standard InChI is InChI=1S/C10H19NO/c1-3-9(2)11-6-4-10(8-11)5-7-12/h3,9-10,12H,1,4-8H2,2H3. The van der Waals surface area contributed by atoms with E-state index in [1.807, 2.05) is 6.08 Å². The molecule has 0 radical (unpaired) electrons. The smallest absolute Gasteiger partial charge is 0.0434 e. The SMILES string of the molecule is C=CC(C)N1CCC(CCO)C1. The van der Waals surface area contributed by atoms with Crippen molar-refractivity contribution in [2.75, 3.05) is 19.7 Å². The van der Waals surface area contributed by atoms with Gasteiger partial charge in [0.1, 0.15) is 0 Å². The molecular formula is C10H19NO. The molecule has 0 saturated carbocycles. The Bertz CT molecular complexity index is 147. The maximum atomic E-state index is 8.77. The second kappa shape index (κ2) is 4.63. The Morgan fingerprint density at radius 2 is 2.50 bits per heavy atom. The quantitative estimate of drug-likeness (QED) is 0.641. The molecule has 70 valence electrons. The van der Waals surface area contributed by atoms with E-state index < -0.39 is 0 Å². The van der Waals surface area contributed by atoms with Gasteiger partial charge in [-0.25, -0.2) is 0 Å². The van der Waals surface area contributed by atoms with Crippen LogP contribution in [0, 0.1) is 5.92 Å². The van der Waals surface area contributed by atoms with Crippen LogP contribution in [0.5, 0.6) is 0 Å². The first kappa shape index (κ1) is 9.75. The van der Waals surface area contributed by atoms with Gasteiger partial charge in [0.25, 0.3) is 0 Å². The Morgan fingerprint density at radius 3 is 3.08 bits per heavy atom. The van der Waals surface area contributed by atoms with E-state index in [0.29, 0.717) is 18.6 Å². The Labute approximate surface area is 74.9 Å². The van der Waals surface area contributed by atoms with Gasteiger partial charge in [-0.3, -0.25) is 4.90 Å². The summed E-state index contributed by atoms with van der Waals surface area (Å²) in [5.41, 5.74) is 0. The Morgan fingerprint density at radius 1 is 1.75 bits per heavy atom. The molecule has 0 amide bonds. The number of hydrogen-bond donors (Lipinski definition) is 1. The molecule has 0 aliphatic carbocycles. The lowest BCUT2D eigenvalue weighted by atomic mass is 10.1. The maximum Gasteiger partial charge on any atom is 0.0434 e. The van der Waals surface area contributed by atoms with Crippen molar-refractivity contribution in [2.45, 2.75) is 25.8 Å². The molecule has 2 nitrogen and oxygen atoms in total. The number of aliphatic hydroxyl groups excluding tert-OH is 1. The zero-order valence-electron chi connectivity index (χ0n) is 7.87. The Hall–Kier alpha value is -0.340. The predicted octanol–water partition coefficient (Wildman–Crippen LogP) is 1.27. The summed E-state index contributed by atoms with van der Waals surface area (Å²) in [4.78, 5) is 2.42. The summed E-state index contributed by atoms with van der Waals surface area (Å²) >= 11 is 0. The van der Waals surface area contributed by atoms with Gasteiger partial charge in [-0.1, -0.05) is 6.08 Å². The van der Waals surface area contributed by atoms with Crippen molar-refractivity contribution in [1.82, 2.24) is 4.90 Å². The zero-order valence-corrected chi connectivity index (χ0v) is 7.87. The van der Waals surface area contributed by atoms with Crippen molar-refractivity contribution in [3.05, 3.63) is 12.7 Å². The molecule has 2 heteroatoms. The summed E-state index contributed by atoms with van der Waals surface area (Å²) < 4.78 is 0. The third-order valence-corrected chi connectivity index (χ3v) is 2.77. The number of nitrogens with zero attached hydrogens (tertiary/aromatic N) is 1. The highest BCUT2D eigenvalue weighted by molar-refractivity contribution is 4.88. The number of aliphatic hydroxyl groups is 1. The molecule has 1 heterocycles. The van der Waals surface area contributed by atoms with Crippen molar-refractivity contribution in [3.63, 3.8) is 0 Å². The molecule has 1 N–H and O–H groups in total. The van der Waals surface area contributed by atoms with E-state index in [2.05, 4.69) is 18.4 Å². The fourth-order valence-corrected chi connectivity index (χ4v) is 1.80. The van der Waals surface area contributed by atoms with Crippen LogP contribution in [0.4, 0.5) is 0 Å². The molecule has 2 unspecified atom stereocenters. The number of hydrogen-bond acceptors (Lipinski definition) is 2. The van der Waals surface area contributed by atoms with Gasteiger partial charge in [0, 0.05) is 19.2 Å². The summed E-state index contributed by atoms with van der Waals surface area (Å²) in [6, 6.07) is 0.494. The van der Waals surface area contributed by atoms with Crippen molar-refractivity contribution >= 4 is 0 Å². The molecule has 1 saturated heterocycles. The monoisotopic (exact) mass is 169 g/mol. The minimum Gasteiger partial charge on any atom is -0.396 e. The van der Waals surface area contributed by atoms with E-state index in [9.17, 15) is 0 Å². The van der Waals surface area contributed by atoms with E-state index in [1.54, 1.807) is 0 Å². The third-order valence-electron chi connectivity index (χ3n) is 2.77. The maximum absolute atomic E-state index is 8.77. The van der Waals surface area contributed by atoms with Gasteiger partial charge in [-0.2, -0.15) is 0 Å². The van der Waals surface area contributed by atoms with Gasteiger partial charge in [0.05, 0.1) is 0 Å². The van der Waals surface area contributed by atoms with E-state index in [4.69, 9.17) is 5.11 Å². The molecule has 0 aromatic carbocycles. The Kier molecular flexibility index (Phi) is 3.76. The number of likely N-dealkylation sites (tertiary alicyclic amines) is 1. The van der Waals surface area contributed by atoms with Crippen LogP contribution in [0.15, 0.2) is 12.7 Å². The van der Waals surface area contributed by atoms with Crippen LogP contribution in [0.3, 0.4) is 0 Å². The zero-order chi connectivity index (χ0) is 8.97. The molecule has 1 fully saturated rings. The molecule has 0 spiro atoms. The van der Waals surface area contributed by atoms with Gasteiger partial charge in [-0.15, -0.1) is 6.58 Å². The molecule has 1 rings (SSSR count). The van der Waals surface area contributed by atoms with E-state index in [1.165, 1.54) is 6.42 Å². The van der Waals surface area contributed by atoms with Crippen molar-refractivity contribution in [2.24, 2.45) is 5.92 Å². The topological polar surface area (TPSA) is 23.5 Å². The van der Waals surface area contributed by atoms with Crippen molar-refractivity contribution < 1.29 is 5.11 Å². The van der Waals surface area contributed by atoms with Gasteiger partial charge in [-0.05, 0) is 32.2 Å². The van der Waals surface area contributed by atoms with E-state index >= 15 is 0 Å².